The summed E-state index contributed by atoms with van der Waals surface area (Å²) in [6.07, 6.45) is 1.79. The van der Waals surface area contributed by atoms with Gasteiger partial charge in [0, 0.05) is 17.2 Å². The molecule has 3 nitrogen and oxygen atoms in total. The van der Waals surface area contributed by atoms with E-state index in [2.05, 4.69) is 5.32 Å². The minimum atomic E-state index is -1.69. The van der Waals surface area contributed by atoms with E-state index in [0.717, 1.165) is 18.9 Å². The van der Waals surface area contributed by atoms with Crippen molar-refractivity contribution < 1.29 is 22.8 Å². The van der Waals surface area contributed by atoms with Crippen molar-refractivity contribution in [1.29, 1.82) is 0 Å². The monoisotopic (exact) mass is 319 g/mol. The van der Waals surface area contributed by atoms with Crippen molar-refractivity contribution in [1.82, 2.24) is 0 Å². The molecule has 0 saturated heterocycles. The number of hydrogen-bond donors (Lipinski definition) is 1. The van der Waals surface area contributed by atoms with Crippen molar-refractivity contribution in [2.45, 2.75) is 12.8 Å². The Morgan fingerprint density at radius 3 is 2.17 bits per heavy atom. The van der Waals surface area contributed by atoms with Crippen LogP contribution in [0.4, 0.5) is 18.9 Å². The topological polar surface area (TPSA) is 46.2 Å². The zero-order valence-electron chi connectivity index (χ0n) is 11.9. The smallest absolute Gasteiger partial charge is 0.258 e. The van der Waals surface area contributed by atoms with Gasteiger partial charge in [-0.2, -0.15) is 0 Å². The van der Waals surface area contributed by atoms with Crippen molar-refractivity contribution in [2.24, 2.45) is 5.92 Å². The highest BCUT2D eigenvalue weighted by Gasteiger charge is 2.30. The van der Waals surface area contributed by atoms with Crippen LogP contribution in [0.1, 0.15) is 33.6 Å². The Labute approximate surface area is 130 Å². The van der Waals surface area contributed by atoms with E-state index in [9.17, 15) is 22.8 Å². The Morgan fingerprint density at radius 2 is 1.57 bits per heavy atom. The summed E-state index contributed by atoms with van der Waals surface area (Å²) in [5, 5.41) is 2.38. The van der Waals surface area contributed by atoms with E-state index in [-0.39, 0.29) is 11.7 Å². The molecule has 1 saturated carbocycles. The Kier molecular flexibility index (Phi) is 3.90. The van der Waals surface area contributed by atoms with Gasteiger partial charge >= 0.3 is 0 Å². The lowest BCUT2D eigenvalue weighted by Gasteiger charge is -2.07. The molecule has 0 radical (unpaired) electrons. The lowest BCUT2D eigenvalue weighted by atomic mass is 10.1. The lowest BCUT2D eigenvalue weighted by Crippen LogP contribution is -2.15. The zero-order valence-corrected chi connectivity index (χ0v) is 11.9. The number of nitrogens with one attached hydrogen (secondary N) is 1. The average molecular weight is 319 g/mol. The third kappa shape index (κ3) is 3.11. The zero-order chi connectivity index (χ0) is 16.6. The minimum Gasteiger partial charge on any atom is -0.322 e. The van der Waals surface area contributed by atoms with Gasteiger partial charge in [0.25, 0.3) is 5.91 Å². The number of Topliss-reactive ketones (excluding diaryl/α,β-unsaturated/α-hetero) is 1. The van der Waals surface area contributed by atoms with Gasteiger partial charge in [0.15, 0.2) is 23.2 Å². The van der Waals surface area contributed by atoms with Gasteiger partial charge in [-0.25, -0.2) is 13.2 Å². The fraction of sp³-hybridized carbons (Fsp3) is 0.176. The molecule has 1 aliphatic carbocycles. The number of rotatable bonds is 4. The summed E-state index contributed by atoms with van der Waals surface area (Å²) in [7, 11) is 0. The molecule has 0 spiro atoms. The van der Waals surface area contributed by atoms with Crippen LogP contribution in [-0.2, 0) is 0 Å². The van der Waals surface area contributed by atoms with Crippen LogP contribution in [0.5, 0.6) is 0 Å². The molecule has 1 amide bonds. The van der Waals surface area contributed by atoms with E-state index in [4.69, 9.17) is 0 Å². The highest BCUT2D eigenvalue weighted by molar-refractivity contribution is 6.05. The van der Waals surface area contributed by atoms with Crippen LogP contribution in [-0.4, -0.2) is 11.7 Å². The highest BCUT2D eigenvalue weighted by Crippen LogP contribution is 2.32. The number of anilines is 1. The van der Waals surface area contributed by atoms with Gasteiger partial charge < -0.3 is 5.32 Å². The van der Waals surface area contributed by atoms with Crippen LogP contribution in [0, 0.1) is 23.4 Å². The number of amides is 1. The number of carbonyl (C=O) groups excluding carboxylic acids is 2. The number of carbonyl (C=O) groups is 2. The van der Waals surface area contributed by atoms with Crippen LogP contribution in [0.15, 0.2) is 36.4 Å². The molecule has 3 rings (SSSR count). The first-order valence-electron chi connectivity index (χ1n) is 7.06. The van der Waals surface area contributed by atoms with Crippen LogP contribution < -0.4 is 5.32 Å². The van der Waals surface area contributed by atoms with Gasteiger partial charge in [-0.05, 0) is 49.2 Å². The molecule has 0 aromatic heterocycles. The van der Waals surface area contributed by atoms with Gasteiger partial charge in [-0.15, -0.1) is 0 Å². The summed E-state index contributed by atoms with van der Waals surface area (Å²) >= 11 is 0. The van der Waals surface area contributed by atoms with Crippen molar-refractivity contribution in [3.8, 4) is 0 Å². The molecule has 0 atom stereocenters. The SMILES string of the molecule is O=C(Nc1ccc(C(=O)C2CC2)cc1)c1ccc(F)c(F)c1F. The van der Waals surface area contributed by atoms with Crippen LogP contribution in [0.25, 0.3) is 0 Å². The van der Waals surface area contributed by atoms with E-state index in [0.29, 0.717) is 17.3 Å². The maximum atomic E-state index is 13.6. The first-order valence-corrected chi connectivity index (χ1v) is 7.06. The van der Waals surface area contributed by atoms with E-state index in [1.165, 1.54) is 12.1 Å². The summed E-state index contributed by atoms with van der Waals surface area (Å²) in [6.45, 7) is 0. The third-order valence-corrected chi connectivity index (χ3v) is 3.66. The number of ketones is 1. The average Bonchev–Trinajstić information content (AvgIpc) is 3.37. The van der Waals surface area contributed by atoms with Gasteiger partial charge in [-0.3, -0.25) is 9.59 Å². The molecule has 118 valence electrons. The molecule has 6 heteroatoms. The van der Waals surface area contributed by atoms with Crippen LogP contribution in [0.2, 0.25) is 0 Å². The number of halogens is 3. The molecule has 2 aromatic carbocycles. The molecule has 0 bridgehead atoms. The normalized spacial score (nSPS) is 13.7. The quantitative estimate of drug-likeness (QED) is 0.685. The molecule has 1 fully saturated rings. The number of benzene rings is 2. The summed E-state index contributed by atoms with van der Waals surface area (Å²) in [5.74, 6) is -5.34. The molecule has 2 aromatic rings. The van der Waals surface area contributed by atoms with E-state index >= 15 is 0 Å². The van der Waals surface area contributed by atoms with E-state index in [1.54, 1.807) is 12.1 Å². The van der Waals surface area contributed by atoms with E-state index in [1.807, 2.05) is 0 Å². The maximum Gasteiger partial charge on any atom is 0.258 e. The second-order valence-electron chi connectivity index (χ2n) is 5.39. The fourth-order valence-corrected chi connectivity index (χ4v) is 2.20. The Hall–Kier alpha value is -2.63. The molecule has 0 aliphatic heterocycles. The van der Waals surface area contributed by atoms with Gasteiger partial charge in [-0.1, -0.05) is 0 Å². The molecule has 1 aliphatic rings. The Balaban J connectivity index is 1.75. The lowest BCUT2D eigenvalue weighted by molar-refractivity contribution is 0.0966. The number of hydrogen-bond acceptors (Lipinski definition) is 2. The fourth-order valence-electron chi connectivity index (χ4n) is 2.20. The summed E-state index contributed by atoms with van der Waals surface area (Å²) < 4.78 is 39.6. The van der Waals surface area contributed by atoms with Crippen molar-refractivity contribution in [3.63, 3.8) is 0 Å². The predicted molar refractivity (Wildman–Crippen MR) is 77.8 cm³/mol. The van der Waals surface area contributed by atoms with Gasteiger partial charge in [0.1, 0.15) is 0 Å². The van der Waals surface area contributed by atoms with Crippen LogP contribution in [0.3, 0.4) is 0 Å². The van der Waals surface area contributed by atoms with Crippen LogP contribution >= 0.6 is 0 Å². The highest BCUT2D eigenvalue weighted by atomic mass is 19.2. The molecule has 23 heavy (non-hydrogen) atoms. The first kappa shape index (κ1) is 15.3. The Morgan fingerprint density at radius 1 is 0.913 bits per heavy atom. The standard InChI is InChI=1S/C17H12F3NO2/c18-13-8-7-12(14(19)15(13)20)17(23)21-11-5-3-10(4-6-11)16(22)9-1-2-9/h3-9H,1-2H2,(H,21,23). The maximum absolute atomic E-state index is 13.6. The molecule has 0 unspecified atom stereocenters. The van der Waals surface area contributed by atoms with Crippen molar-refractivity contribution in [3.05, 3.63) is 65.0 Å². The minimum absolute atomic E-state index is 0.0644. The molecule has 0 heterocycles. The first-order chi connectivity index (χ1) is 11.0. The predicted octanol–water partition coefficient (Wildman–Crippen LogP) is 3.95. The Bertz CT molecular complexity index is 783. The summed E-state index contributed by atoms with van der Waals surface area (Å²) in [4.78, 5) is 23.8. The molecular weight excluding hydrogens is 307 g/mol. The van der Waals surface area contributed by atoms with E-state index < -0.39 is 28.9 Å². The second kappa shape index (κ2) is 5.87. The van der Waals surface area contributed by atoms with Crippen molar-refractivity contribution in [2.75, 3.05) is 5.32 Å². The van der Waals surface area contributed by atoms with Crippen molar-refractivity contribution >= 4 is 17.4 Å². The second-order valence-corrected chi connectivity index (χ2v) is 5.39. The van der Waals surface area contributed by atoms with Gasteiger partial charge in [0.05, 0.1) is 5.56 Å². The third-order valence-electron chi connectivity index (χ3n) is 3.66. The summed E-state index contributed by atoms with van der Waals surface area (Å²) in [5.41, 5.74) is 0.276. The molecule has 1 N–H and O–H groups in total. The van der Waals surface area contributed by atoms with Gasteiger partial charge in [0.2, 0.25) is 0 Å². The largest absolute Gasteiger partial charge is 0.322 e. The molecular formula is C17H12F3NO2. The summed E-state index contributed by atoms with van der Waals surface area (Å²) in [6, 6.07) is 7.70.